The average Bonchev–Trinajstić information content (AvgIpc) is 3.20. The molecule has 2 aromatic carbocycles. The Morgan fingerprint density at radius 3 is 2.08 bits per heavy atom. The number of carboxylic acids is 1. The number of amides is 1. The van der Waals surface area contributed by atoms with E-state index in [1.165, 1.54) is 0 Å². The average molecular weight is 542 g/mol. The standard InChI is InChI=1S/C28H36N3O6P/c1-19(2)31(20(3)4)38(36-16-9-15-29)37-17-14-26(27(32)33)30-28(34)35-18-25-23-12-7-5-10-21(23)22-11-6-8-13-24(22)25/h5-8,10-13,19-20,25-26H,9,14,16-18H2,1-4H3,(H,30,34)(H,32,33)/t26-,38?/m0/s1. The van der Waals surface area contributed by atoms with E-state index >= 15 is 0 Å². The molecule has 10 heteroatoms. The van der Waals surface area contributed by atoms with Crippen LogP contribution in [0.4, 0.5) is 4.79 Å². The van der Waals surface area contributed by atoms with Crippen LogP contribution < -0.4 is 5.32 Å². The summed E-state index contributed by atoms with van der Waals surface area (Å²) in [7, 11) is -1.50. The molecule has 0 spiro atoms. The van der Waals surface area contributed by atoms with Gasteiger partial charge >= 0.3 is 12.1 Å². The smallest absolute Gasteiger partial charge is 0.407 e. The summed E-state index contributed by atoms with van der Waals surface area (Å²) in [5, 5.41) is 21.0. The summed E-state index contributed by atoms with van der Waals surface area (Å²) in [6.07, 6.45) is -0.532. The number of hydrogen-bond donors (Lipinski definition) is 2. The van der Waals surface area contributed by atoms with Crippen molar-refractivity contribution in [3.63, 3.8) is 0 Å². The molecule has 38 heavy (non-hydrogen) atoms. The number of carbonyl (C=O) groups excluding carboxylic acids is 1. The van der Waals surface area contributed by atoms with Gasteiger partial charge in [-0.15, -0.1) is 0 Å². The fourth-order valence-electron chi connectivity index (χ4n) is 4.60. The van der Waals surface area contributed by atoms with Crippen LogP contribution in [-0.4, -0.2) is 59.8 Å². The number of alkyl carbamates (subject to hydrolysis) is 1. The van der Waals surface area contributed by atoms with Crippen molar-refractivity contribution >= 4 is 20.6 Å². The third-order valence-electron chi connectivity index (χ3n) is 6.20. The molecule has 1 aliphatic rings. The molecule has 1 aliphatic carbocycles. The zero-order valence-electron chi connectivity index (χ0n) is 22.3. The Labute approximate surface area is 225 Å². The molecule has 0 radical (unpaired) electrons. The van der Waals surface area contributed by atoms with E-state index in [2.05, 4.69) is 9.99 Å². The summed E-state index contributed by atoms with van der Waals surface area (Å²) in [4.78, 5) is 24.5. The van der Waals surface area contributed by atoms with Gasteiger partial charge in [0, 0.05) is 24.4 Å². The van der Waals surface area contributed by atoms with Crippen molar-refractivity contribution < 1.29 is 28.5 Å². The predicted octanol–water partition coefficient (Wildman–Crippen LogP) is 5.66. The van der Waals surface area contributed by atoms with Crippen LogP contribution in [0.3, 0.4) is 0 Å². The summed E-state index contributed by atoms with van der Waals surface area (Å²) in [6.45, 7) is 8.44. The molecule has 9 nitrogen and oxygen atoms in total. The van der Waals surface area contributed by atoms with Crippen LogP contribution in [0.1, 0.15) is 57.6 Å². The van der Waals surface area contributed by atoms with Gasteiger partial charge in [-0.05, 0) is 49.9 Å². The number of nitrogens with one attached hydrogen (secondary N) is 1. The zero-order chi connectivity index (χ0) is 27.7. The van der Waals surface area contributed by atoms with Gasteiger partial charge in [0.1, 0.15) is 12.6 Å². The minimum absolute atomic E-state index is 0.0317. The topological polar surface area (TPSA) is 121 Å². The molecule has 2 atom stereocenters. The highest BCUT2D eigenvalue weighted by atomic mass is 31.2. The van der Waals surface area contributed by atoms with Crippen LogP contribution in [0.2, 0.25) is 0 Å². The van der Waals surface area contributed by atoms with E-state index in [4.69, 9.17) is 19.0 Å². The molecule has 0 aromatic heterocycles. The molecule has 3 rings (SSSR count). The van der Waals surface area contributed by atoms with Gasteiger partial charge in [-0.25, -0.2) is 14.3 Å². The number of rotatable bonds is 14. The van der Waals surface area contributed by atoms with E-state index in [0.29, 0.717) is 0 Å². The van der Waals surface area contributed by atoms with E-state index in [9.17, 15) is 14.7 Å². The number of nitrogens with zero attached hydrogens (tertiary/aromatic N) is 2. The van der Waals surface area contributed by atoms with Gasteiger partial charge in [0.25, 0.3) is 8.53 Å². The Balaban J connectivity index is 1.57. The number of hydrogen-bond acceptors (Lipinski definition) is 7. The first kappa shape index (κ1) is 29.5. The van der Waals surface area contributed by atoms with Crippen LogP contribution >= 0.6 is 8.53 Å². The van der Waals surface area contributed by atoms with Gasteiger partial charge in [-0.3, -0.25) is 0 Å². The van der Waals surface area contributed by atoms with E-state index in [1.807, 2.05) is 82.3 Å². The minimum atomic E-state index is -1.50. The van der Waals surface area contributed by atoms with Crippen LogP contribution in [-0.2, 0) is 18.6 Å². The van der Waals surface area contributed by atoms with Crippen molar-refractivity contribution in [3.05, 3.63) is 59.7 Å². The highest BCUT2D eigenvalue weighted by molar-refractivity contribution is 7.44. The molecule has 2 N–H and O–H groups in total. The third kappa shape index (κ3) is 7.52. The van der Waals surface area contributed by atoms with Crippen LogP contribution in [0, 0.1) is 11.3 Å². The number of carbonyl (C=O) groups is 2. The lowest BCUT2D eigenvalue weighted by Gasteiger charge is -2.35. The molecule has 0 saturated heterocycles. The number of nitriles is 1. The van der Waals surface area contributed by atoms with Gasteiger partial charge in [-0.2, -0.15) is 5.26 Å². The largest absolute Gasteiger partial charge is 0.480 e. The monoisotopic (exact) mass is 541 g/mol. The van der Waals surface area contributed by atoms with Crippen molar-refractivity contribution in [1.82, 2.24) is 9.99 Å². The fourth-order valence-corrected chi connectivity index (χ4v) is 6.21. The van der Waals surface area contributed by atoms with Crippen LogP contribution in [0.25, 0.3) is 11.1 Å². The zero-order valence-corrected chi connectivity index (χ0v) is 23.2. The maximum absolute atomic E-state index is 12.6. The van der Waals surface area contributed by atoms with E-state index < -0.39 is 26.6 Å². The maximum Gasteiger partial charge on any atom is 0.407 e. The third-order valence-corrected chi connectivity index (χ3v) is 8.31. The second-order valence-corrected chi connectivity index (χ2v) is 11.0. The molecule has 0 saturated carbocycles. The molecular formula is C28H36N3O6P. The highest BCUT2D eigenvalue weighted by Crippen LogP contribution is 2.46. The first-order chi connectivity index (χ1) is 18.2. The van der Waals surface area contributed by atoms with Crippen molar-refractivity contribution in [1.29, 1.82) is 5.26 Å². The molecule has 204 valence electrons. The summed E-state index contributed by atoms with van der Waals surface area (Å²) >= 11 is 0. The molecule has 1 amide bonds. The SMILES string of the molecule is CC(C)N(C(C)C)P(OCCC#N)OCC[C@H](NC(=O)OCC1c2ccccc2-c2ccccc21)C(=O)O. The summed E-state index contributed by atoms with van der Waals surface area (Å²) < 4.78 is 19.3. The number of benzene rings is 2. The Kier molecular flexibility index (Phi) is 11.1. The first-order valence-corrected chi connectivity index (χ1v) is 13.9. The highest BCUT2D eigenvalue weighted by Gasteiger charge is 2.31. The summed E-state index contributed by atoms with van der Waals surface area (Å²) in [5.74, 6) is -1.30. The number of carboxylic acid groups (broad SMARTS) is 1. The minimum Gasteiger partial charge on any atom is -0.480 e. The van der Waals surface area contributed by atoms with Crippen molar-refractivity contribution in [2.75, 3.05) is 19.8 Å². The molecular weight excluding hydrogens is 505 g/mol. The Hall–Kier alpha value is -3.02. The second kappa shape index (κ2) is 14.2. The number of ether oxygens (including phenoxy) is 1. The fraction of sp³-hybridized carbons (Fsp3) is 0.464. The Morgan fingerprint density at radius 2 is 1.55 bits per heavy atom. The lowest BCUT2D eigenvalue weighted by Crippen LogP contribution is -2.42. The van der Waals surface area contributed by atoms with Crippen LogP contribution in [0.5, 0.6) is 0 Å². The molecule has 2 aromatic rings. The summed E-state index contributed by atoms with van der Waals surface area (Å²) in [6, 6.07) is 17.1. The van der Waals surface area contributed by atoms with E-state index in [1.54, 1.807) is 0 Å². The number of aliphatic carboxylic acids is 1. The molecule has 0 bridgehead atoms. The lowest BCUT2D eigenvalue weighted by molar-refractivity contribution is -0.139. The molecule has 1 unspecified atom stereocenters. The van der Waals surface area contributed by atoms with Gasteiger partial charge in [0.2, 0.25) is 0 Å². The van der Waals surface area contributed by atoms with Crippen molar-refractivity contribution in [2.45, 2.75) is 64.6 Å². The lowest BCUT2D eigenvalue weighted by atomic mass is 9.98. The quantitative estimate of drug-likeness (QED) is 0.232. The van der Waals surface area contributed by atoms with Gasteiger partial charge in [-0.1, -0.05) is 48.5 Å². The second-order valence-electron chi connectivity index (χ2n) is 9.53. The van der Waals surface area contributed by atoms with Gasteiger partial charge < -0.3 is 24.2 Å². The molecule has 0 heterocycles. The Morgan fingerprint density at radius 1 is 1.00 bits per heavy atom. The van der Waals surface area contributed by atoms with Gasteiger partial charge in [0.05, 0.1) is 25.7 Å². The number of fused-ring (bicyclic) bond motifs is 3. The maximum atomic E-state index is 12.6. The van der Waals surface area contributed by atoms with Crippen molar-refractivity contribution in [2.24, 2.45) is 0 Å². The molecule has 0 fully saturated rings. The van der Waals surface area contributed by atoms with Crippen LogP contribution in [0.15, 0.2) is 48.5 Å². The Bertz CT molecular complexity index is 1080. The molecule has 0 aliphatic heterocycles. The van der Waals surface area contributed by atoms with Gasteiger partial charge in [0.15, 0.2) is 0 Å². The van der Waals surface area contributed by atoms with Crippen molar-refractivity contribution in [3.8, 4) is 17.2 Å². The predicted molar refractivity (Wildman–Crippen MR) is 145 cm³/mol. The van der Waals surface area contributed by atoms with E-state index in [-0.39, 0.29) is 50.7 Å². The normalized spacial score (nSPS) is 14.2. The first-order valence-electron chi connectivity index (χ1n) is 12.8. The summed E-state index contributed by atoms with van der Waals surface area (Å²) in [5.41, 5.74) is 4.38. The van der Waals surface area contributed by atoms with E-state index in [0.717, 1.165) is 22.3 Å².